The number of carbonyl (C=O) groups excluding carboxylic acids is 1. The van der Waals surface area contributed by atoms with Crippen LogP contribution >= 0.6 is 0 Å². The van der Waals surface area contributed by atoms with Gasteiger partial charge in [0.1, 0.15) is 23.8 Å². The minimum absolute atomic E-state index is 0.0711. The summed E-state index contributed by atoms with van der Waals surface area (Å²) in [6.45, 7) is 7.38. The van der Waals surface area contributed by atoms with Gasteiger partial charge in [0.2, 0.25) is 0 Å². The van der Waals surface area contributed by atoms with E-state index in [-0.39, 0.29) is 18.1 Å². The summed E-state index contributed by atoms with van der Waals surface area (Å²) in [5.74, 6) is -0.403. The van der Waals surface area contributed by atoms with Crippen molar-refractivity contribution in [1.82, 2.24) is 9.97 Å². The third-order valence-corrected chi connectivity index (χ3v) is 5.55. The molecule has 0 radical (unpaired) electrons. The number of fused-ring (bicyclic) bond motifs is 1. The van der Waals surface area contributed by atoms with Crippen LogP contribution in [-0.2, 0) is 9.59 Å². The molecule has 1 aromatic heterocycles. The van der Waals surface area contributed by atoms with E-state index in [1.165, 1.54) is 17.3 Å². The number of nitrogens with zero attached hydrogens (tertiary/aromatic N) is 3. The van der Waals surface area contributed by atoms with E-state index in [0.29, 0.717) is 40.4 Å². The van der Waals surface area contributed by atoms with Gasteiger partial charge in [-0.3, -0.25) is 14.5 Å². The molecule has 0 bridgehead atoms. The molecule has 1 aliphatic rings. The van der Waals surface area contributed by atoms with Crippen LogP contribution in [0.15, 0.2) is 53.4 Å². The Morgan fingerprint density at radius 2 is 1.91 bits per heavy atom. The molecule has 8 heteroatoms. The largest absolute Gasteiger partial charge is 0.481 e. The van der Waals surface area contributed by atoms with Gasteiger partial charge in [-0.2, -0.15) is 0 Å². The van der Waals surface area contributed by atoms with Crippen molar-refractivity contribution in [2.24, 2.45) is 0 Å². The van der Waals surface area contributed by atoms with E-state index < -0.39 is 5.97 Å². The van der Waals surface area contributed by atoms with Gasteiger partial charge in [0.25, 0.3) is 5.91 Å². The van der Waals surface area contributed by atoms with Crippen LogP contribution in [0.1, 0.15) is 44.7 Å². The van der Waals surface area contributed by atoms with E-state index in [1.807, 2.05) is 26.8 Å². The number of halogens is 1. The van der Waals surface area contributed by atoms with Crippen LogP contribution in [0, 0.1) is 12.7 Å². The monoisotopic (exact) mass is 450 g/mol. The van der Waals surface area contributed by atoms with Crippen molar-refractivity contribution in [2.75, 3.05) is 17.3 Å². The first-order valence-electron chi connectivity index (χ1n) is 10.5. The van der Waals surface area contributed by atoms with E-state index in [1.54, 1.807) is 32.2 Å². The normalized spacial score (nSPS) is 15.6. The molecule has 0 fully saturated rings. The Kier molecular flexibility index (Phi) is 7.06. The Morgan fingerprint density at radius 1 is 1.18 bits per heavy atom. The molecular formula is C25H27FN4O3. The van der Waals surface area contributed by atoms with Crippen LogP contribution in [0.2, 0.25) is 0 Å². The Labute approximate surface area is 192 Å². The van der Waals surface area contributed by atoms with Gasteiger partial charge in [0.05, 0.1) is 11.1 Å². The highest BCUT2D eigenvalue weighted by atomic mass is 19.1. The predicted molar refractivity (Wildman–Crippen MR) is 127 cm³/mol. The van der Waals surface area contributed by atoms with Gasteiger partial charge in [-0.05, 0) is 75.1 Å². The minimum Gasteiger partial charge on any atom is -0.481 e. The Bertz CT molecular complexity index is 1210. The van der Waals surface area contributed by atoms with Crippen LogP contribution in [0.25, 0.3) is 5.57 Å². The molecule has 33 heavy (non-hydrogen) atoms. The average Bonchev–Trinajstić information content (AvgIpc) is 3.00. The lowest BCUT2D eigenvalue weighted by Gasteiger charge is -2.11. The number of anilines is 3. The lowest BCUT2D eigenvalue weighted by molar-refractivity contribution is -0.137. The van der Waals surface area contributed by atoms with Crippen LogP contribution in [0.4, 0.5) is 21.7 Å². The van der Waals surface area contributed by atoms with Crippen molar-refractivity contribution in [1.29, 1.82) is 0 Å². The number of rotatable bonds is 7. The third-order valence-electron chi connectivity index (χ3n) is 5.55. The number of allylic oxidation sites excluding steroid dienone is 5. The molecule has 1 aromatic carbocycles. The fourth-order valence-corrected chi connectivity index (χ4v) is 3.54. The second kappa shape index (κ2) is 9.77. The zero-order valence-electron chi connectivity index (χ0n) is 19.4. The minimum atomic E-state index is -0.837. The van der Waals surface area contributed by atoms with E-state index in [9.17, 15) is 14.0 Å². The van der Waals surface area contributed by atoms with Crippen molar-refractivity contribution in [3.05, 3.63) is 70.3 Å². The maximum atomic E-state index is 13.7. The van der Waals surface area contributed by atoms with E-state index >= 15 is 0 Å². The summed E-state index contributed by atoms with van der Waals surface area (Å²) in [7, 11) is 1.66. The van der Waals surface area contributed by atoms with Crippen LogP contribution < -0.4 is 10.2 Å². The Balaban J connectivity index is 2.01. The number of hydrogen-bond acceptors (Lipinski definition) is 5. The second-order valence-electron chi connectivity index (χ2n) is 8.18. The highest BCUT2D eigenvalue weighted by molar-refractivity contribution is 6.33. The Hall–Kier alpha value is -3.81. The van der Waals surface area contributed by atoms with Gasteiger partial charge in [-0.1, -0.05) is 11.6 Å². The molecule has 0 atom stereocenters. The summed E-state index contributed by atoms with van der Waals surface area (Å²) in [5, 5.41) is 12.1. The van der Waals surface area contributed by atoms with Crippen LogP contribution in [-0.4, -0.2) is 34.0 Å². The van der Waals surface area contributed by atoms with E-state index in [2.05, 4.69) is 15.3 Å². The zero-order valence-corrected chi connectivity index (χ0v) is 19.4. The molecule has 2 heterocycles. The first kappa shape index (κ1) is 23.8. The van der Waals surface area contributed by atoms with Gasteiger partial charge >= 0.3 is 5.97 Å². The SMILES string of the molecule is C\C(=C/C(C)=C(C)/C=C1\C(=O)N(C)c2ncnc(Nc3ccc(F)c(C)c3)c21)CCC(=O)O. The molecule has 2 N–H and O–H groups in total. The maximum Gasteiger partial charge on any atom is 0.303 e. The number of carboxylic acid groups (broad SMARTS) is 1. The number of aliphatic carboxylic acids is 1. The standard InChI is InChI=1S/C25H27FN4O3/c1-14(6-9-21(31)32)10-15(2)16(3)12-19-22-23(27-13-28-24(22)30(5)25(19)33)29-18-7-8-20(26)17(4)11-18/h7-8,10-13H,6,9H2,1-5H3,(H,31,32)(H,27,28,29)/b14-10+,16-15+,19-12-. The fraction of sp³-hybridized carbons (Fsp3) is 0.280. The summed E-state index contributed by atoms with van der Waals surface area (Å²) in [6, 6.07) is 4.66. The number of aromatic nitrogens is 2. The molecule has 0 saturated heterocycles. The number of aryl methyl sites for hydroxylation is 1. The summed E-state index contributed by atoms with van der Waals surface area (Å²) in [4.78, 5) is 33.9. The molecule has 1 aliphatic heterocycles. The highest BCUT2D eigenvalue weighted by Crippen LogP contribution is 2.39. The average molecular weight is 451 g/mol. The molecule has 0 saturated carbocycles. The summed E-state index contributed by atoms with van der Waals surface area (Å²) in [6.07, 6.45) is 5.64. The molecule has 0 spiro atoms. The zero-order chi connectivity index (χ0) is 24.3. The number of benzene rings is 1. The van der Waals surface area contributed by atoms with E-state index in [4.69, 9.17) is 5.11 Å². The number of carbonyl (C=O) groups is 2. The van der Waals surface area contributed by atoms with Crippen LogP contribution in [0.3, 0.4) is 0 Å². The number of nitrogens with one attached hydrogen (secondary N) is 1. The first-order valence-corrected chi connectivity index (χ1v) is 10.5. The number of hydrogen-bond donors (Lipinski definition) is 2. The fourth-order valence-electron chi connectivity index (χ4n) is 3.54. The molecule has 0 aliphatic carbocycles. The van der Waals surface area contributed by atoms with Crippen molar-refractivity contribution >= 4 is 34.8 Å². The molecule has 7 nitrogen and oxygen atoms in total. The van der Waals surface area contributed by atoms with Gasteiger partial charge < -0.3 is 10.4 Å². The number of carboxylic acids is 1. The van der Waals surface area contributed by atoms with Crippen molar-refractivity contribution < 1.29 is 19.1 Å². The summed E-state index contributed by atoms with van der Waals surface area (Å²) in [5.41, 5.74) is 4.90. The lowest BCUT2D eigenvalue weighted by atomic mass is 10.0. The maximum absolute atomic E-state index is 13.7. The summed E-state index contributed by atoms with van der Waals surface area (Å²) >= 11 is 0. The predicted octanol–water partition coefficient (Wildman–Crippen LogP) is 5.18. The quantitative estimate of drug-likeness (QED) is 0.446. The smallest absolute Gasteiger partial charge is 0.303 e. The topological polar surface area (TPSA) is 95.4 Å². The van der Waals surface area contributed by atoms with Gasteiger partial charge in [0.15, 0.2) is 0 Å². The van der Waals surface area contributed by atoms with Gasteiger partial charge in [0, 0.05) is 19.2 Å². The molecule has 0 unspecified atom stereocenters. The lowest BCUT2D eigenvalue weighted by Crippen LogP contribution is -2.21. The number of likely N-dealkylation sites (N-methyl/N-ethyl adjacent to an activating group) is 1. The molecule has 172 valence electrons. The second-order valence-corrected chi connectivity index (χ2v) is 8.18. The van der Waals surface area contributed by atoms with Gasteiger partial charge in [-0.15, -0.1) is 0 Å². The summed E-state index contributed by atoms with van der Waals surface area (Å²) < 4.78 is 13.7. The van der Waals surface area contributed by atoms with E-state index in [0.717, 1.165) is 16.7 Å². The molecule has 2 aromatic rings. The van der Waals surface area contributed by atoms with Crippen molar-refractivity contribution in [3.63, 3.8) is 0 Å². The molecule has 3 rings (SSSR count). The third kappa shape index (κ3) is 5.34. The number of amides is 1. The molecular weight excluding hydrogens is 423 g/mol. The Morgan fingerprint density at radius 3 is 2.58 bits per heavy atom. The van der Waals surface area contributed by atoms with Crippen LogP contribution in [0.5, 0.6) is 0 Å². The van der Waals surface area contributed by atoms with Crippen molar-refractivity contribution in [3.8, 4) is 0 Å². The molecule has 1 amide bonds. The van der Waals surface area contributed by atoms with Crippen molar-refractivity contribution in [2.45, 2.75) is 40.5 Å². The highest BCUT2D eigenvalue weighted by Gasteiger charge is 2.34. The first-order chi connectivity index (χ1) is 15.6. The van der Waals surface area contributed by atoms with Gasteiger partial charge in [-0.25, -0.2) is 14.4 Å².